The highest BCUT2D eigenvalue weighted by molar-refractivity contribution is 6.74. The number of carbonyl (C=O) groups is 2. The van der Waals surface area contributed by atoms with Crippen LogP contribution in [0.2, 0.25) is 28.2 Å². The number of aliphatic hydroxyl groups excluding tert-OH is 1. The van der Waals surface area contributed by atoms with Gasteiger partial charge in [-0.05, 0) is 69.1 Å². The summed E-state index contributed by atoms with van der Waals surface area (Å²) in [5.74, 6) is -0.0683. The largest absolute Gasteiger partial charge is 0.423 e. The maximum atomic E-state index is 12.0. The maximum Gasteiger partial charge on any atom is 0.263 e. The van der Waals surface area contributed by atoms with Crippen LogP contribution in [0.3, 0.4) is 0 Å². The molecule has 0 bridgehead atoms. The van der Waals surface area contributed by atoms with Gasteiger partial charge in [0.1, 0.15) is 12.1 Å². The third-order valence-corrected chi connectivity index (χ3v) is 13.8. The number of hydrazine groups is 1. The second-order valence-electron chi connectivity index (χ2n) is 13.3. The van der Waals surface area contributed by atoms with E-state index in [2.05, 4.69) is 75.2 Å². The Morgan fingerprint density at radius 3 is 1.82 bits per heavy atom. The molecule has 1 aromatic heterocycles. The molecule has 50 heavy (non-hydrogen) atoms. The molecule has 3 rings (SSSR count). The summed E-state index contributed by atoms with van der Waals surface area (Å²) in [4.78, 5) is 29.5. The number of aryl methyl sites for hydroxylation is 1. The number of aliphatic hydroxyl groups is 1. The minimum Gasteiger partial charge on any atom is -0.423 e. The molecule has 1 heterocycles. The topological polar surface area (TPSA) is 159 Å². The lowest BCUT2D eigenvalue weighted by molar-refractivity contribution is -0.129. The Morgan fingerprint density at radius 2 is 1.42 bits per heavy atom. The second-order valence-corrected chi connectivity index (χ2v) is 18.8. The van der Waals surface area contributed by atoms with E-state index in [4.69, 9.17) is 45.2 Å². The summed E-state index contributed by atoms with van der Waals surface area (Å²) >= 11 is 12.4. The highest BCUT2D eigenvalue weighted by Crippen LogP contribution is 2.40. The number of carbonyl (C=O) groups excluding carboxylic acids is 2. The van der Waals surface area contributed by atoms with Crippen molar-refractivity contribution in [1.29, 1.82) is 0 Å². The minimum absolute atomic E-state index is 0.0765. The summed E-state index contributed by atoms with van der Waals surface area (Å²) in [6.07, 6.45) is -1.23. The zero-order valence-corrected chi connectivity index (χ0v) is 32.8. The van der Waals surface area contributed by atoms with Crippen molar-refractivity contribution >= 4 is 66.1 Å². The molecule has 0 fully saturated rings. The van der Waals surface area contributed by atoms with Gasteiger partial charge in [0, 0.05) is 25.2 Å². The van der Waals surface area contributed by atoms with Crippen molar-refractivity contribution in [2.75, 3.05) is 10.6 Å². The number of hydrogen-bond donors (Lipinski definition) is 5. The van der Waals surface area contributed by atoms with Gasteiger partial charge in [0.25, 0.3) is 5.91 Å². The summed E-state index contributed by atoms with van der Waals surface area (Å²) < 4.78 is 12.3. The molecule has 2 aromatic carbocycles. The number of benzene rings is 2. The lowest BCUT2D eigenvalue weighted by Crippen LogP contribution is -2.51. The van der Waals surface area contributed by atoms with Gasteiger partial charge in [-0.3, -0.25) is 20.4 Å². The number of anilines is 2. The molecule has 0 aliphatic carbocycles. The van der Waals surface area contributed by atoms with Crippen LogP contribution in [-0.2, 0) is 14.0 Å². The molecule has 0 radical (unpaired) electrons. The van der Waals surface area contributed by atoms with E-state index in [-0.39, 0.29) is 22.2 Å². The summed E-state index contributed by atoms with van der Waals surface area (Å²) in [6, 6.07) is 5.35. The fourth-order valence-corrected chi connectivity index (χ4v) is 6.15. The van der Waals surface area contributed by atoms with Crippen molar-refractivity contribution in [2.45, 2.75) is 105 Å². The quantitative estimate of drug-likeness (QED) is 0.0788. The van der Waals surface area contributed by atoms with Crippen molar-refractivity contribution in [3.63, 3.8) is 0 Å². The lowest BCUT2D eigenvalue weighted by atomic mass is 10.1. The highest BCUT2D eigenvalue weighted by atomic mass is 35.5. The zero-order chi connectivity index (χ0) is 38.1. The van der Waals surface area contributed by atoms with Crippen LogP contribution in [0.5, 0.6) is 0 Å². The fourth-order valence-electron chi connectivity index (χ4n) is 4.32. The van der Waals surface area contributed by atoms with Gasteiger partial charge in [0.2, 0.25) is 29.1 Å². The first kappa shape index (κ1) is 42.0. The van der Waals surface area contributed by atoms with Gasteiger partial charge in [-0.25, -0.2) is 9.69 Å². The minimum atomic E-state index is -2.01. The molecule has 13 nitrogen and oxygen atoms in total. The molecule has 0 aliphatic rings. The van der Waals surface area contributed by atoms with Crippen molar-refractivity contribution in [1.82, 2.24) is 21.0 Å². The first-order chi connectivity index (χ1) is 23.1. The average molecular weight is 746 g/mol. The van der Waals surface area contributed by atoms with E-state index in [1.807, 2.05) is 19.9 Å². The molecule has 0 saturated carbocycles. The predicted octanol–water partition coefficient (Wildman–Crippen LogP) is 7.98. The second kappa shape index (κ2) is 17.7. The number of nitrogens with zero attached hydrogens (tertiary/aromatic N) is 4. The van der Waals surface area contributed by atoms with E-state index in [1.54, 1.807) is 26.0 Å². The van der Waals surface area contributed by atoms with E-state index in [9.17, 15) is 14.7 Å². The first-order valence-electron chi connectivity index (χ1n) is 15.7. The zero-order valence-electron chi connectivity index (χ0n) is 30.2. The normalized spacial score (nSPS) is 13.7. The molecule has 16 heteroatoms. The third-order valence-electron chi connectivity index (χ3n) is 8.29. The van der Waals surface area contributed by atoms with Gasteiger partial charge >= 0.3 is 0 Å². The summed E-state index contributed by atoms with van der Waals surface area (Å²) in [5, 5.41) is 25.1. The standard InChI is InChI=1S/C20H29ClN4O2Si.C14H17ClN4O3/c1-12-15(10-11-16(22-7)17(12)21)23-18(19-25-24-14(3)26-19)13(2)27-28(8,9)20(4,5)6;1-7-10(5-6-11(16-4)12(7)15)17-13(8(2)20)14(22)19-18-9(3)21/h10-11,13,18,23H,1-6,8-9H3;5-6,8,13,17,20H,1-3H3,(H,18,21)(H,19,22)/t13-,18+;8-,13+/m00/s1. The predicted molar refractivity (Wildman–Crippen MR) is 199 cm³/mol. The molecule has 0 aliphatic heterocycles. The molecule has 0 spiro atoms. The van der Waals surface area contributed by atoms with Gasteiger partial charge in [0.05, 0.1) is 35.4 Å². The SMILES string of the molecule is [C-]#[N+]c1ccc(N[C@@H](C(=O)NNC(C)=O)[C@H](C)O)c(C)c1Cl.[C-]#[N+]c1ccc(N[C@@H](c2nnc(C)o2)[C@H](C)O[Si](C)(C)C(C)(C)C)c(C)c1Cl. The van der Waals surface area contributed by atoms with Gasteiger partial charge in [0.15, 0.2) is 8.32 Å². The van der Waals surface area contributed by atoms with E-state index in [1.165, 1.54) is 19.9 Å². The molecule has 3 aromatic rings. The van der Waals surface area contributed by atoms with Crippen LogP contribution in [0, 0.1) is 33.9 Å². The van der Waals surface area contributed by atoms with Gasteiger partial charge < -0.3 is 24.6 Å². The molecule has 0 unspecified atom stereocenters. The van der Waals surface area contributed by atoms with Crippen LogP contribution < -0.4 is 21.5 Å². The number of amides is 2. The van der Waals surface area contributed by atoms with Crippen molar-refractivity contribution in [3.05, 3.63) is 80.1 Å². The highest BCUT2D eigenvalue weighted by Gasteiger charge is 2.41. The van der Waals surface area contributed by atoms with Crippen molar-refractivity contribution < 1.29 is 23.5 Å². The number of rotatable bonds is 10. The molecule has 4 atom stereocenters. The Bertz CT molecular complexity index is 1760. The Hall–Kier alpha value is -4.18. The van der Waals surface area contributed by atoms with Gasteiger partial charge in [-0.15, -0.1) is 10.2 Å². The summed E-state index contributed by atoms with van der Waals surface area (Å²) in [7, 11) is -2.01. The van der Waals surface area contributed by atoms with Crippen LogP contribution in [0.4, 0.5) is 22.7 Å². The van der Waals surface area contributed by atoms with Crippen LogP contribution in [0.15, 0.2) is 28.7 Å². The van der Waals surface area contributed by atoms with Crippen molar-refractivity contribution in [3.8, 4) is 0 Å². The Kier molecular flexibility index (Phi) is 14.8. The fraction of sp³-hybridized carbons (Fsp3) is 0.471. The molecular weight excluding hydrogens is 699 g/mol. The van der Waals surface area contributed by atoms with Crippen molar-refractivity contribution in [2.24, 2.45) is 0 Å². The van der Waals surface area contributed by atoms with Crippen LogP contribution in [0.25, 0.3) is 9.69 Å². The number of hydrogen-bond acceptors (Lipinski definition) is 9. The first-order valence-corrected chi connectivity index (χ1v) is 19.4. The molecule has 5 N–H and O–H groups in total. The smallest absolute Gasteiger partial charge is 0.263 e. The summed E-state index contributed by atoms with van der Waals surface area (Å²) in [5.41, 5.74) is 7.81. The molecule has 2 amide bonds. The van der Waals surface area contributed by atoms with Crippen LogP contribution in [-0.4, -0.2) is 53.7 Å². The van der Waals surface area contributed by atoms with E-state index in [0.717, 1.165) is 11.3 Å². The van der Waals surface area contributed by atoms with Gasteiger partial charge in [-0.1, -0.05) is 56.1 Å². The molecule has 0 saturated heterocycles. The number of aromatic nitrogens is 2. The Labute approximate surface area is 305 Å². The Morgan fingerprint density at radius 1 is 0.920 bits per heavy atom. The van der Waals surface area contributed by atoms with E-state index < -0.39 is 32.3 Å². The lowest BCUT2D eigenvalue weighted by Gasteiger charge is -2.40. The molecular formula is C34H46Cl2N8O5Si. The molecule has 270 valence electrons. The third kappa shape index (κ3) is 10.9. The average Bonchev–Trinajstić information content (AvgIpc) is 3.46. The monoisotopic (exact) mass is 744 g/mol. The van der Waals surface area contributed by atoms with Gasteiger partial charge in [-0.2, -0.15) is 0 Å². The maximum absolute atomic E-state index is 12.0. The van der Waals surface area contributed by atoms with Crippen LogP contribution >= 0.6 is 23.2 Å². The summed E-state index contributed by atoms with van der Waals surface area (Å²) in [6.45, 7) is 35.3. The van der Waals surface area contributed by atoms with E-state index >= 15 is 0 Å². The Balaban J connectivity index is 0.000000358. The van der Waals surface area contributed by atoms with E-state index in [0.29, 0.717) is 39.4 Å². The van der Waals surface area contributed by atoms with Crippen LogP contribution in [0.1, 0.15) is 70.5 Å². The number of halogens is 2. The number of nitrogens with one attached hydrogen (secondary N) is 4.